The van der Waals surface area contributed by atoms with Gasteiger partial charge < -0.3 is 10.0 Å². The summed E-state index contributed by atoms with van der Waals surface area (Å²) in [4.78, 5) is 14.3. The Morgan fingerprint density at radius 2 is 2.04 bits per heavy atom. The normalized spacial score (nSPS) is 16.1. The van der Waals surface area contributed by atoms with E-state index in [1.54, 1.807) is 11.0 Å². The Bertz CT molecular complexity index is 859. The fraction of sp³-hybridized carbons (Fsp3) is 0.429. The van der Waals surface area contributed by atoms with Gasteiger partial charge >= 0.3 is 0 Å². The first-order valence-electron chi connectivity index (χ1n) is 7.66. The number of nitrogens with zero attached hydrogens (tertiary/aromatic N) is 5. The van der Waals surface area contributed by atoms with E-state index in [4.69, 9.17) is 0 Å². The first kappa shape index (κ1) is 17.3. The molecule has 2 aromatic rings. The standard InChI is InChI=1S/C14H18N6O4S/c1-25(23,24)16-10-4-6-19(7-5-10)14(22)12-8-11(2-3-13(12)21)20-9-15-17-18-20/h2-3,8-10,16,21H,4-7H2,1H3. The van der Waals surface area contributed by atoms with Crippen molar-refractivity contribution >= 4 is 15.9 Å². The zero-order valence-electron chi connectivity index (χ0n) is 13.5. The highest BCUT2D eigenvalue weighted by Crippen LogP contribution is 2.23. The molecule has 1 amide bonds. The van der Waals surface area contributed by atoms with Gasteiger partial charge in [0.2, 0.25) is 10.0 Å². The Morgan fingerprint density at radius 1 is 1.32 bits per heavy atom. The third-order valence-electron chi connectivity index (χ3n) is 3.99. The summed E-state index contributed by atoms with van der Waals surface area (Å²) in [6.45, 7) is 0.807. The molecule has 0 atom stereocenters. The molecule has 1 aromatic heterocycles. The molecule has 1 saturated heterocycles. The Balaban J connectivity index is 1.73. The monoisotopic (exact) mass is 366 g/mol. The summed E-state index contributed by atoms with van der Waals surface area (Å²) in [6.07, 6.45) is 3.55. The van der Waals surface area contributed by atoms with E-state index in [-0.39, 0.29) is 23.3 Å². The smallest absolute Gasteiger partial charge is 0.257 e. The van der Waals surface area contributed by atoms with Crippen molar-refractivity contribution in [3.63, 3.8) is 0 Å². The molecule has 0 bridgehead atoms. The van der Waals surface area contributed by atoms with Gasteiger partial charge in [0, 0.05) is 19.1 Å². The second-order valence-electron chi connectivity index (χ2n) is 5.91. The van der Waals surface area contributed by atoms with Crippen molar-refractivity contribution in [2.45, 2.75) is 18.9 Å². The summed E-state index contributed by atoms with van der Waals surface area (Å²) in [5.74, 6) is -0.441. The maximum atomic E-state index is 12.7. The number of carbonyl (C=O) groups is 1. The van der Waals surface area contributed by atoms with E-state index in [1.165, 1.54) is 23.1 Å². The number of benzene rings is 1. The molecule has 0 saturated carbocycles. The molecular formula is C14H18N6O4S. The van der Waals surface area contributed by atoms with Crippen LogP contribution in [0, 0.1) is 0 Å². The molecule has 1 aliphatic heterocycles. The molecule has 10 nitrogen and oxygen atoms in total. The number of phenols is 1. The van der Waals surface area contributed by atoms with E-state index < -0.39 is 10.0 Å². The van der Waals surface area contributed by atoms with Gasteiger partial charge in [-0.3, -0.25) is 4.79 Å². The van der Waals surface area contributed by atoms with Crippen molar-refractivity contribution in [3.8, 4) is 11.4 Å². The van der Waals surface area contributed by atoms with Gasteiger partial charge in [-0.05, 0) is 41.5 Å². The molecule has 2 N–H and O–H groups in total. The Kier molecular flexibility index (Phi) is 4.68. The van der Waals surface area contributed by atoms with Crippen LogP contribution in [0.15, 0.2) is 24.5 Å². The van der Waals surface area contributed by atoms with Crippen LogP contribution in [0.3, 0.4) is 0 Å². The number of hydrogen-bond donors (Lipinski definition) is 2. The quantitative estimate of drug-likeness (QED) is 0.747. The van der Waals surface area contributed by atoms with Crippen molar-refractivity contribution in [2.24, 2.45) is 0 Å². The van der Waals surface area contributed by atoms with Crippen molar-refractivity contribution in [3.05, 3.63) is 30.1 Å². The van der Waals surface area contributed by atoms with Crippen LogP contribution >= 0.6 is 0 Å². The van der Waals surface area contributed by atoms with E-state index in [1.807, 2.05) is 0 Å². The number of piperidine rings is 1. The Labute approximate surface area is 144 Å². The predicted octanol–water partition coefficient (Wildman–Crippen LogP) is -0.478. The fourth-order valence-electron chi connectivity index (χ4n) is 2.79. The molecule has 0 aliphatic carbocycles. The molecule has 2 heterocycles. The average Bonchev–Trinajstić information content (AvgIpc) is 3.08. The number of hydrogen-bond acceptors (Lipinski definition) is 7. The average molecular weight is 366 g/mol. The van der Waals surface area contributed by atoms with Gasteiger partial charge in [0.15, 0.2) is 0 Å². The summed E-state index contributed by atoms with van der Waals surface area (Å²) < 4.78 is 26.5. The molecule has 0 unspecified atom stereocenters. The van der Waals surface area contributed by atoms with E-state index >= 15 is 0 Å². The third kappa shape index (κ3) is 4.12. The lowest BCUT2D eigenvalue weighted by molar-refractivity contribution is 0.0708. The summed E-state index contributed by atoms with van der Waals surface area (Å²) in [6, 6.07) is 4.36. The molecule has 1 aliphatic rings. The highest BCUT2D eigenvalue weighted by molar-refractivity contribution is 7.88. The fourth-order valence-corrected chi connectivity index (χ4v) is 3.63. The molecule has 0 radical (unpaired) electrons. The predicted molar refractivity (Wildman–Crippen MR) is 87.7 cm³/mol. The first-order chi connectivity index (χ1) is 11.8. The van der Waals surface area contributed by atoms with Gasteiger partial charge in [-0.25, -0.2) is 17.8 Å². The SMILES string of the molecule is CS(=O)(=O)NC1CCN(C(=O)c2cc(-n3cnnn3)ccc2O)CC1. The lowest BCUT2D eigenvalue weighted by atomic mass is 10.0. The van der Waals surface area contributed by atoms with Gasteiger partial charge in [-0.15, -0.1) is 5.10 Å². The summed E-state index contributed by atoms with van der Waals surface area (Å²) in [7, 11) is -3.27. The number of tetrazole rings is 1. The number of nitrogens with one attached hydrogen (secondary N) is 1. The molecule has 134 valence electrons. The molecule has 0 spiro atoms. The topological polar surface area (TPSA) is 130 Å². The molecule has 3 rings (SSSR count). The van der Waals surface area contributed by atoms with Crippen LogP contribution in [0.5, 0.6) is 5.75 Å². The van der Waals surface area contributed by atoms with Crippen LogP contribution in [-0.2, 0) is 10.0 Å². The number of sulfonamides is 1. The second-order valence-corrected chi connectivity index (χ2v) is 7.69. The van der Waals surface area contributed by atoms with Crippen molar-refractivity contribution < 1.29 is 18.3 Å². The van der Waals surface area contributed by atoms with Gasteiger partial charge in [0.25, 0.3) is 5.91 Å². The Hall–Kier alpha value is -2.53. The highest BCUT2D eigenvalue weighted by Gasteiger charge is 2.26. The number of amides is 1. The maximum absolute atomic E-state index is 12.7. The van der Waals surface area contributed by atoms with Crippen molar-refractivity contribution in [1.82, 2.24) is 29.8 Å². The van der Waals surface area contributed by atoms with Crippen molar-refractivity contribution in [2.75, 3.05) is 19.3 Å². The number of likely N-dealkylation sites (tertiary alicyclic amines) is 1. The van der Waals surface area contributed by atoms with Crippen LogP contribution in [0.25, 0.3) is 5.69 Å². The lowest BCUT2D eigenvalue weighted by Gasteiger charge is -2.32. The zero-order valence-corrected chi connectivity index (χ0v) is 14.3. The van der Waals surface area contributed by atoms with Crippen LogP contribution < -0.4 is 4.72 Å². The van der Waals surface area contributed by atoms with Crippen molar-refractivity contribution in [1.29, 1.82) is 0 Å². The second kappa shape index (κ2) is 6.76. The van der Waals surface area contributed by atoms with Gasteiger partial charge in [-0.2, -0.15) is 0 Å². The largest absolute Gasteiger partial charge is 0.507 e. The summed E-state index contributed by atoms with van der Waals surface area (Å²) in [5, 5.41) is 20.9. The summed E-state index contributed by atoms with van der Waals surface area (Å²) >= 11 is 0. The number of phenolic OH excluding ortho intramolecular Hbond substituents is 1. The van der Waals surface area contributed by atoms with Crippen LogP contribution in [0.1, 0.15) is 23.2 Å². The minimum absolute atomic E-state index is 0.127. The molecule has 1 fully saturated rings. The van der Waals surface area contributed by atoms with Gasteiger partial charge in [0.05, 0.1) is 17.5 Å². The van der Waals surface area contributed by atoms with E-state index in [0.29, 0.717) is 31.6 Å². The van der Waals surface area contributed by atoms with Gasteiger partial charge in [-0.1, -0.05) is 0 Å². The van der Waals surface area contributed by atoms with E-state index in [0.717, 1.165) is 6.26 Å². The van der Waals surface area contributed by atoms with Crippen LogP contribution in [-0.4, -0.2) is 69.9 Å². The maximum Gasteiger partial charge on any atom is 0.257 e. The number of aromatic hydroxyl groups is 1. The minimum Gasteiger partial charge on any atom is -0.507 e. The van der Waals surface area contributed by atoms with Gasteiger partial charge in [0.1, 0.15) is 12.1 Å². The number of aromatic nitrogens is 4. The lowest BCUT2D eigenvalue weighted by Crippen LogP contribution is -2.46. The van der Waals surface area contributed by atoms with Crippen LogP contribution in [0.2, 0.25) is 0 Å². The molecular weight excluding hydrogens is 348 g/mol. The van der Waals surface area contributed by atoms with E-state index in [2.05, 4.69) is 20.2 Å². The third-order valence-corrected chi connectivity index (χ3v) is 4.75. The molecule has 11 heteroatoms. The minimum atomic E-state index is -3.27. The zero-order chi connectivity index (χ0) is 18.0. The summed E-state index contributed by atoms with van der Waals surface area (Å²) in [5.41, 5.74) is 0.710. The molecule has 1 aromatic carbocycles. The van der Waals surface area contributed by atoms with E-state index in [9.17, 15) is 18.3 Å². The number of rotatable bonds is 4. The highest BCUT2D eigenvalue weighted by atomic mass is 32.2. The first-order valence-corrected chi connectivity index (χ1v) is 9.55. The van der Waals surface area contributed by atoms with Crippen LogP contribution in [0.4, 0.5) is 0 Å². The number of carbonyl (C=O) groups excluding carboxylic acids is 1. The Morgan fingerprint density at radius 3 is 2.64 bits per heavy atom. The molecule has 25 heavy (non-hydrogen) atoms.